The first-order valence-electron chi connectivity index (χ1n) is 5.51. The minimum Gasteiger partial charge on any atom is -0.369 e. The van der Waals surface area contributed by atoms with Crippen LogP contribution in [-0.4, -0.2) is 30.7 Å². The fourth-order valence-corrected chi connectivity index (χ4v) is 2.08. The molecule has 0 aliphatic rings. The summed E-state index contributed by atoms with van der Waals surface area (Å²) in [6, 6.07) is 7.54. The summed E-state index contributed by atoms with van der Waals surface area (Å²) >= 11 is 0. The third kappa shape index (κ3) is 3.64. The summed E-state index contributed by atoms with van der Waals surface area (Å²) in [4.78, 5) is 8.60. The van der Waals surface area contributed by atoms with Crippen molar-refractivity contribution in [1.82, 2.24) is 9.97 Å². The number of nitrogens with zero attached hydrogens (tertiary/aromatic N) is 2. The van der Waals surface area contributed by atoms with Crippen molar-refractivity contribution >= 4 is 26.9 Å². The highest BCUT2D eigenvalue weighted by Crippen LogP contribution is 2.10. The van der Waals surface area contributed by atoms with Crippen molar-refractivity contribution in [3.05, 3.63) is 30.5 Å². The van der Waals surface area contributed by atoms with Crippen molar-refractivity contribution in [1.29, 1.82) is 0 Å². The number of benzene rings is 1. The Hall–Kier alpha value is -1.73. The van der Waals surface area contributed by atoms with Crippen molar-refractivity contribution in [2.45, 2.75) is 6.42 Å². The van der Waals surface area contributed by atoms with Crippen molar-refractivity contribution < 1.29 is 8.42 Å². The number of rotatable bonds is 5. The molecule has 0 bridgehead atoms. The van der Waals surface area contributed by atoms with Crippen LogP contribution >= 0.6 is 0 Å². The van der Waals surface area contributed by atoms with Crippen LogP contribution in [0.3, 0.4) is 0 Å². The molecule has 7 heteroatoms. The summed E-state index contributed by atoms with van der Waals surface area (Å²) in [6.07, 6.45) is 2.06. The van der Waals surface area contributed by atoms with Crippen LogP contribution in [-0.2, 0) is 10.0 Å². The van der Waals surface area contributed by atoms with E-state index in [-0.39, 0.29) is 5.75 Å². The summed E-state index contributed by atoms with van der Waals surface area (Å²) in [7, 11) is -3.39. The maximum absolute atomic E-state index is 10.7. The minimum absolute atomic E-state index is 0.0407. The number of hydrogen-bond donors (Lipinski definition) is 2. The zero-order valence-corrected chi connectivity index (χ0v) is 10.5. The molecule has 0 atom stereocenters. The third-order valence-electron chi connectivity index (χ3n) is 2.36. The molecule has 0 fully saturated rings. The van der Waals surface area contributed by atoms with Gasteiger partial charge in [-0.25, -0.2) is 18.5 Å². The Kier molecular flexibility index (Phi) is 3.73. The van der Waals surface area contributed by atoms with Crippen LogP contribution < -0.4 is 10.5 Å². The van der Waals surface area contributed by atoms with E-state index in [4.69, 9.17) is 5.14 Å². The molecule has 0 aliphatic carbocycles. The average Bonchev–Trinajstić information content (AvgIpc) is 2.33. The Balaban J connectivity index is 1.96. The first-order valence-corrected chi connectivity index (χ1v) is 7.22. The molecule has 2 aromatic rings. The van der Waals surface area contributed by atoms with Crippen LogP contribution in [0.25, 0.3) is 11.0 Å². The van der Waals surface area contributed by atoms with Gasteiger partial charge in [-0.05, 0) is 18.6 Å². The Morgan fingerprint density at radius 1 is 1.22 bits per heavy atom. The zero-order valence-electron chi connectivity index (χ0n) is 9.70. The molecule has 0 radical (unpaired) electrons. The number of hydrogen-bond acceptors (Lipinski definition) is 5. The van der Waals surface area contributed by atoms with Crippen molar-refractivity contribution in [2.24, 2.45) is 5.14 Å². The molecule has 0 unspecified atom stereocenters. The predicted octanol–water partition coefficient (Wildman–Crippen LogP) is 0.720. The van der Waals surface area contributed by atoms with Gasteiger partial charge in [0, 0.05) is 6.54 Å². The van der Waals surface area contributed by atoms with Gasteiger partial charge in [0.15, 0.2) is 0 Å². The van der Waals surface area contributed by atoms with Crippen molar-refractivity contribution in [3.8, 4) is 0 Å². The first-order chi connectivity index (χ1) is 8.54. The van der Waals surface area contributed by atoms with E-state index in [2.05, 4.69) is 15.3 Å². The summed E-state index contributed by atoms with van der Waals surface area (Å²) < 4.78 is 21.5. The molecule has 96 valence electrons. The molecule has 0 saturated carbocycles. The summed E-state index contributed by atoms with van der Waals surface area (Å²) in [6.45, 7) is 0.490. The number of nitrogens with two attached hydrogens (primary N) is 1. The maximum atomic E-state index is 10.7. The number of nitrogens with one attached hydrogen (secondary N) is 1. The number of para-hydroxylation sites is 2. The second-order valence-electron chi connectivity index (χ2n) is 3.89. The highest BCUT2D eigenvalue weighted by Gasteiger charge is 2.02. The number of anilines is 1. The Morgan fingerprint density at radius 2 is 1.94 bits per heavy atom. The summed E-state index contributed by atoms with van der Waals surface area (Å²) in [5.74, 6) is 0.587. The van der Waals surface area contributed by atoms with E-state index < -0.39 is 10.0 Å². The van der Waals surface area contributed by atoms with Crippen LogP contribution in [0.4, 0.5) is 5.82 Å². The second kappa shape index (κ2) is 5.28. The lowest BCUT2D eigenvalue weighted by Crippen LogP contribution is -2.18. The normalized spacial score (nSPS) is 11.6. The third-order valence-corrected chi connectivity index (χ3v) is 3.22. The fraction of sp³-hybridized carbons (Fsp3) is 0.273. The van der Waals surface area contributed by atoms with Gasteiger partial charge in [-0.1, -0.05) is 12.1 Å². The molecule has 1 heterocycles. The summed E-state index contributed by atoms with van der Waals surface area (Å²) in [5.41, 5.74) is 1.63. The number of fused-ring (bicyclic) bond motifs is 1. The highest BCUT2D eigenvalue weighted by molar-refractivity contribution is 7.89. The van der Waals surface area contributed by atoms with E-state index >= 15 is 0 Å². The molecule has 0 aliphatic heterocycles. The predicted molar refractivity (Wildman–Crippen MR) is 70.6 cm³/mol. The molecule has 6 nitrogen and oxygen atoms in total. The molecule has 2 rings (SSSR count). The number of primary sulfonamides is 1. The van der Waals surface area contributed by atoms with Gasteiger partial charge in [-0.2, -0.15) is 0 Å². The van der Waals surface area contributed by atoms with Crippen molar-refractivity contribution in [3.63, 3.8) is 0 Å². The van der Waals surface area contributed by atoms with Gasteiger partial charge in [0.1, 0.15) is 5.82 Å². The standard InChI is InChI=1S/C11H14N4O2S/c12-18(16,17)7-3-6-13-11-8-14-9-4-1-2-5-10(9)15-11/h1-2,4-5,8H,3,6-7H2,(H,13,15)(H2,12,16,17). The molecule has 18 heavy (non-hydrogen) atoms. The quantitative estimate of drug-likeness (QED) is 0.777. The first kappa shape index (κ1) is 12.7. The van der Waals surface area contributed by atoms with Crippen LogP contribution in [0, 0.1) is 0 Å². The lowest BCUT2D eigenvalue weighted by Gasteiger charge is -2.05. The van der Waals surface area contributed by atoms with E-state index in [1.54, 1.807) is 6.20 Å². The fourth-order valence-electron chi connectivity index (χ4n) is 1.53. The lowest BCUT2D eigenvalue weighted by atomic mass is 10.3. The van der Waals surface area contributed by atoms with Gasteiger partial charge in [0.2, 0.25) is 10.0 Å². The van der Waals surface area contributed by atoms with Gasteiger partial charge in [-0.15, -0.1) is 0 Å². The average molecular weight is 266 g/mol. The van der Waals surface area contributed by atoms with E-state index in [1.807, 2.05) is 24.3 Å². The molecular weight excluding hydrogens is 252 g/mol. The molecule has 1 aromatic carbocycles. The Labute approximate surface area is 105 Å². The molecular formula is C11H14N4O2S. The van der Waals surface area contributed by atoms with Crippen LogP contribution in [0.5, 0.6) is 0 Å². The van der Waals surface area contributed by atoms with Crippen LogP contribution in [0.15, 0.2) is 30.5 Å². The second-order valence-corrected chi connectivity index (χ2v) is 5.63. The SMILES string of the molecule is NS(=O)(=O)CCCNc1cnc2ccccc2n1. The van der Waals surface area contributed by atoms with Gasteiger partial charge in [0.05, 0.1) is 23.0 Å². The number of sulfonamides is 1. The smallest absolute Gasteiger partial charge is 0.209 e. The highest BCUT2D eigenvalue weighted by atomic mass is 32.2. The van der Waals surface area contributed by atoms with E-state index in [0.717, 1.165) is 11.0 Å². The van der Waals surface area contributed by atoms with Crippen LogP contribution in [0.1, 0.15) is 6.42 Å². The van der Waals surface area contributed by atoms with Gasteiger partial charge >= 0.3 is 0 Å². The number of aromatic nitrogens is 2. The molecule has 0 amide bonds. The minimum atomic E-state index is -3.39. The molecule has 1 aromatic heterocycles. The van der Waals surface area contributed by atoms with Gasteiger partial charge in [-0.3, -0.25) is 4.98 Å². The largest absolute Gasteiger partial charge is 0.369 e. The van der Waals surface area contributed by atoms with Crippen molar-refractivity contribution in [2.75, 3.05) is 17.6 Å². The lowest BCUT2D eigenvalue weighted by molar-refractivity contribution is 0.595. The Morgan fingerprint density at radius 3 is 2.67 bits per heavy atom. The molecule has 3 N–H and O–H groups in total. The molecule has 0 spiro atoms. The monoisotopic (exact) mass is 266 g/mol. The zero-order chi connectivity index (χ0) is 13.0. The van der Waals surface area contributed by atoms with Gasteiger partial charge in [0.25, 0.3) is 0 Å². The molecule has 0 saturated heterocycles. The summed E-state index contributed by atoms with van der Waals surface area (Å²) in [5, 5.41) is 7.92. The van der Waals surface area contributed by atoms with Crippen LogP contribution in [0.2, 0.25) is 0 Å². The van der Waals surface area contributed by atoms with E-state index in [0.29, 0.717) is 18.8 Å². The van der Waals surface area contributed by atoms with E-state index in [1.165, 1.54) is 0 Å². The maximum Gasteiger partial charge on any atom is 0.209 e. The van der Waals surface area contributed by atoms with E-state index in [9.17, 15) is 8.42 Å². The Bertz CT molecular complexity index is 642. The van der Waals surface area contributed by atoms with Gasteiger partial charge < -0.3 is 5.32 Å². The topological polar surface area (TPSA) is 98.0 Å².